The Labute approximate surface area is 123 Å². The lowest BCUT2D eigenvalue weighted by molar-refractivity contribution is -0.146. The van der Waals surface area contributed by atoms with Crippen LogP contribution in [0.15, 0.2) is 30.0 Å². The van der Waals surface area contributed by atoms with E-state index in [1.165, 1.54) is 0 Å². The average molecular weight is 290 g/mol. The third-order valence-corrected chi connectivity index (χ3v) is 3.30. The number of cyclic esters (lactones) is 1. The SMILES string of the molecule is CCOC(=O)CCC1OC(=O)C(O)=C1c1ccc(C)cc1. The third-order valence-electron chi connectivity index (χ3n) is 3.30. The molecule has 0 spiro atoms. The standard InChI is InChI=1S/C16H18O5/c1-3-20-13(17)9-8-12-14(15(18)16(19)21-12)11-6-4-10(2)5-7-11/h4-7,12,18H,3,8-9H2,1-2H3. The molecule has 1 unspecified atom stereocenters. The normalized spacial score (nSPS) is 17.8. The maximum Gasteiger partial charge on any atom is 0.374 e. The van der Waals surface area contributed by atoms with Crippen molar-refractivity contribution in [1.82, 2.24) is 0 Å². The molecule has 1 heterocycles. The summed E-state index contributed by atoms with van der Waals surface area (Å²) in [6.45, 7) is 4.00. The van der Waals surface area contributed by atoms with Crippen LogP contribution in [-0.2, 0) is 19.1 Å². The number of benzene rings is 1. The van der Waals surface area contributed by atoms with Crippen LogP contribution in [0.2, 0.25) is 0 Å². The van der Waals surface area contributed by atoms with E-state index < -0.39 is 12.1 Å². The molecule has 21 heavy (non-hydrogen) atoms. The van der Waals surface area contributed by atoms with Gasteiger partial charge in [0.25, 0.3) is 0 Å². The summed E-state index contributed by atoms with van der Waals surface area (Å²) in [6.07, 6.45) is -0.198. The van der Waals surface area contributed by atoms with Gasteiger partial charge in [0.15, 0.2) is 0 Å². The largest absolute Gasteiger partial charge is 0.502 e. The fourth-order valence-electron chi connectivity index (χ4n) is 2.25. The summed E-state index contributed by atoms with van der Waals surface area (Å²) >= 11 is 0. The van der Waals surface area contributed by atoms with E-state index in [2.05, 4.69) is 0 Å². The molecule has 2 rings (SSSR count). The average Bonchev–Trinajstić information content (AvgIpc) is 2.74. The molecule has 1 aliphatic rings. The molecule has 0 aromatic heterocycles. The van der Waals surface area contributed by atoms with E-state index in [4.69, 9.17) is 9.47 Å². The molecule has 1 aromatic rings. The fraction of sp³-hybridized carbons (Fsp3) is 0.375. The molecular weight excluding hydrogens is 272 g/mol. The van der Waals surface area contributed by atoms with Crippen molar-refractivity contribution in [3.8, 4) is 0 Å². The van der Waals surface area contributed by atoms with Crippen LogP contribution in [0.4, 0.5) is 0 Å². The molecule has 112 valence electrons. The predicted octanol–water partition coefficient (Wildman–Crippen LogP) is 2.53. The van der Waals surface area contributed by atoms with E-state index in [0.717, 1.165) is 11.1 Å². The maximum absolute atomic E-state index is 11.6. The Hall–Kier alpha value is -2.30. The van der Waals surface area contributed by atoms with Crippen LogP contribution in [0.25, 0.3) is 5.57 Å². The highest BCUT2D eigenvalue weighted by atomic mass is 16.6. The zero-order chi connectivity index (χ0) is 15.4. The first kappa shape index (κ1) is 15.1. The van der Waals surface area contributed by atoms with Crippen LogP contribution in [0.3, 0.4) is 0 Å². The number of esters is 2. The molecule has 1 aromatic carbocycles. The molecule has 0 aliphatic carbocycles. The lowest BCUT2D eigenvalue weighted by Crippen LogP contribution is -2.14. The van der Waals surface area contributed by atoms with Gasteiger partial charge in [-0.3, -0.25) is 4.79 Å². The van der Waals surface area contributed by atoms with E-state index in [0.29, 0.717) is 12.2 Å². The lowest BCUT2D eigenvalue weighted by Gasteiger charge is -2.13. The molecule has 1 atom stereocenters. The quantitative estimate of drug-likeness (QED) is 0.844. The van der Waals surface area contributed by atoms with Crippen molar-refractivity contribution in [1.29, 1.82) is 0 Å². The van der Waals surface area contributed by atoms with E-state index in [-0.39, 0.29) is 24.6 Å². The summed E-state index contributed by atoms with van der Waals surface area (Å²) in [6, 6.07) is 7.42. The summed E-state index contributed by atoms with van der Waals surface area (Å²) in [5, 5.41) is 9.91. The molecule has 0 amide bonds. The number of aliphatic hydroxyl groups is 1. The van der Waals surface area contributed by atoms with Crippen molar-refractivity contribution in [3.05, 3.63) is 41.2 Å². The number of hydrogen-bond acceptors (Lipinski definition) is 5. The van der Waals surface area contributed by atoms with Gasteiger partial charge in [-0.2, -0.15) is 0 Å². The van der Waals surface area contributed by atoms with Gasteiger partial charge < -0.3 is 14.6 Å². The first-order valence-electron chi connectivity index (χ1n) is 6.89. The molecule has 0 bridgehead atoms. The number of ether oxygens (including phenoxy) is 2. The first-order chi connectivity index (χ1) is 10.0. The van der Waals surface area contributed by atoms with Gasteiger partial charge in [-0.05, 0) is 25.8 Å². The van der Waals surface area contributed by atoms with Crippen LogP contribution < -0.4 is 0 Å². The Balaban J connectivity index is 2.16. The van der Waals surface area contributed by atoms with Crippen molar-refractivity contribution in [2.45, 2.75) is 32.8 Å². The molecule has 5 heteroatoms. The summed E-state index contributed by atoms with van der Waals surface area (Å²) < 4.78 is 9.98. The number of carbonyl (C=O) groups excluding carboxylic acids is 2. The molecule has 0 fully saturated rings. The lowest BCUT2D eigenvalue weighted by atomic mass is 9.97. The number of hydrogen-bond donors (Lipinski definition) is 1. The third kappa shape index (κ3) is 3.42. The van der Waals surface area contributed by atoms with Crippen molar-refractivity contribution in [3.63, 3.8) is 0 Å². The van der Waals surface area contributed by atoms with Gasteiger partial charge in [-0.1, -0.05) is 29.8 Å². The second kappa shape index (κ2) is 6.43. The van der Waals surface area contributed by atoms with Gasteiger partial charge in [0.1, 0.15) is 6.10 Å². The maximum atomic E-state index is 11.6. The minimum absolute atomic E-state index is 0.133. The van der Waals surface area contributed by atoms with Crippen LogP contribution in [-0.4, -0.2) is 29.8 Å². The topological polar surface area (TPSA) is 72.8 Å². The smallest absolute Gasteiger partial charge is 0.374 e. The second-order valence-corrected chi connectivity index (χ2v) is 4.87. The molecule has 0 saturated heterocycles. The predicted molar refractivity (Wildman–Crippen MR) is 76.5 cm³/mol. The number of rotatable bonds is 5. The van der Waals surface area contributed by atoms with E-state index in [9.17, 15) is 14.7 Å². The number of carbonyl (C=O) groups is 2. The minimum Gasteiger partial charge on any atom is -0.502 e. The Bertz CT molecular complexity index is 571. The highest BCUT2D eigenvalue weighted by molar-refractivity contribution is 6.00. The summed E-state index contributed by atoms with van der Waals surface area (Å²) in [7, 11) is 0. The van der Waals surface area contributed by atoms with E-state index in [1.54, 1.807) is 6.92 Å². The van der Waals surface area contributed by atoms with Crippen molar-refractivity contribution < 1.29 is 24.2 Å². The second-order valence-electron chi connectivity index (χ2n) is 4.87. The van der Waals surface area contributed by atoms with Crippen LogP contribution in [0, 0.1) is 6.92 Å². The fourth-order valence-corrected chi connectivity index (χ4v) is 2.25. The monoisotopic (exact) mass is 290 g/mol. The molecule has 1 N–H and O–H groups in total. The van der Waals surface area contributed by atoms with E-state index in [1.807, 2.05) is 31.2 Å². The van der Waals surface area contributed by atoms with Crippen molar-refractivity contribution in [2.24, 2.45) is 0 Å². The van der Waals surface area contributed by atoms with Gasteiger partial charge >= 0.3 is 11.9 Å². The molecule has 5 nitrogen and oxygen atoms in total. The van der Waals surface area contributed by atoms with Crippen LogP contribution in [0.5, 0.6) is 0 Å². The minimum atomic E-state index is -0.751. The van der Waals surface area contributed by atoms with Crippen molar-refractivity contribution in [2.75, 3.05) is 6.61 Å². The Morgan fingerprint density at radius 3 is 2.62 bits per heavy atom. The highest BCUT2D eigenvalue weighted by Crippen LogP contribution is 2.33. The summed E-state index contributed by atoms with van der Waals surface area (Å²) in [5.74, 6) is -1.48. The Morgan fingerprint density at radius 1 is 1.33 bits per heavy atom. The molecular formula is C16H18O5. The molecule has 0 radical (unpaired) electrons. The molecule has 0 saturated carbocycles. The first-order valence-corrected chi connectivity index (χ1v) is 6.89. The Kier molecular flexibility index (Phi) is 4.62. The van der Waals surface area contributed by atoms with Crippen molar-refractivity contribution >= 4 is 17.5 Å². The number of aryl methyl sites for hydroxylation is 1. The molecule has 1 aliphatic heterocycles. The zero-order valence-corrected chi connectivity index (χ0v) is 12.1. The highest BCUT2D eigenvalue weighted by Gasteiger charge is 2.35. The Morgan fingerprint density at radius 2 is 2.00 bits per heavy atom. The van der Waals surface area contributed by atoms with Gasteiger partial charge in [-0.15, -0.1) is 0 Å². The van der Waals surface area contributed by atoms with Crippen LogP contribution >= 0.6 is 0 Å². The van der Waals surface area contributed by atoms with Gasteiger partial charge in [0.2, 0.25) is 5.76 Å². The van der Waals surface area contributed by atoms with Gasteiger partial charge in [0, 0.05) is 12.0 Å². The van der Waals surface area contributed by atoms with E-state index >= 15 is 0 Å². The van der Waals surface area contributed by atoms with Gasteiger partial charge in [0.05, 0.1) is 6.61 Å². The summed E-state index contributed by atoms with van der Waals surface area (Å²) in [4.78, 5) is 23.0. The number of aliphatic hydroxyl groups excluding tert-OH is 1. The summed E-state index contributed by atoms with van der Waals surface area (Å²) in [5.41, 5.74) is 2.23. The van der Waals surface area contributed by atoms with Crippen LogP contribution in [0.1, 0.15) is 30.9 Å². The zero-order valence-electron chi connectivity index (χ0n) is 12.1. The van der Waals surface area contributed by atoms with Gasteiger partial charge in [-0.25, -0.2) is 4.79 Å².